The van der Waals surface area contributed by atoms with Gasteiger partial charge in [0.05, 0.1) is 46.1 Å². The summed E-state index contributed by atoms with van der Waals surface area (Å²) < 4.78 is 16.3. The summed E-state index contributed by atoms with van der Waals surface area (Å²) in [5, 5.41) is 17.4. The average molecular weight is 448 g/mol. The normalized spacial score (nSPS) is 12.5. The first-order valence-corrected chi connectivity index (χ1v) is 12.3. The van der Waals surface area contributed by atoms with Crippen LogP contribution in [0.25, 0.3) is 0 Å². The first-order valence-electron chi connectivity index (χ1n) is 12.3. The molecule has 1 atom stereocenters. The molecule has 0 aliphatic rings. The third kappa shape index (κ3) is 23.8. The second-order valence-electron chi connectivity index (χ2n) is 8.38. The van der Waals surface area contributed by atoms with Crippen molar-refractivity contribution in [1.82, 2.24) is 4.90 Å². The van der Waals surface area contributed by atoms with E-state index in [-0.39, 0.29) is 19.6 Å². The molecule has 0 aromatic carbocycles. The standard InChI is InChI=1S/C24H49NO6/c1-3-4-5-6-7-8-9-10-11-23(12-16-30-20-21-31-19-15-26)22-25(2)14-18-29-17-13-24(27)28/h23,26H,3-22H2,1-2H3,(H,27,28). The van der Waals surface area contributed by atoms with Gasteiger partial charge in [0.15, 0.2) is 0 Å². The summed E-state index contributed by atoms with van der Waals surface area (Å²) in [4.78, 5) is 12.8. The Morgan fingerprint density at radius 1 is 0.806 bits per heavy atom. The van der Waals surface area contributed by atoms with Gasteiger partial charge in [0.1, 0.15) is 0 Å². The predicted molar refractivity (Wildman–Crippen MR) is 125 cm³/mol. The number of carboxylic acids is 1. The van der Waals surface area contributed by atoms with Crippen molar-refractivity contribution >= 4 is 5.97 Å². The molecular weight excluding hydrogens is 398 g/mol. The summed E-state index contributed by atoms with van der Waals surface area (Å²) in [6.45, 7) is 7.14. The number of likely N-dealkylation sites (N-methyl/N-ethyl adjacent to an activating group) is 1. The third-order valence-corrected chi connectivity index (χ3v) is 5.39. The van der Waals surface area contributed by atoms with Crippen molar-refractivity contribution in [2.75, 3.05) is 66.4 Å². The molecule has 0 radical (unpaired) electrons. The van der Waals surface area contributed by atoms with Crippen molar-refractivity contribution in [3.8, 4) is 0 Å². The van der Waals surface area contributed by atoms with Crippen LogP contribution in [-0.4, -0.2) is 87.5 Å². The summed E-state index contributed by atoms with van der Waals surface area (Å²) in [7, 11) is 2.10. The summed E-state index contributed by atoms with van der Waals surface area (Å²) in [6.07, 6.45) is 13.0. The molecule has 1 unspecified atom stereocenters. The number of nitrogens with zero attached hydrogens (tertiary/aromatic N) is 1. The van der Waals surface area contributed by atoms with E-state index in [4.69, 9.17) is 24.4 Å². The number of carboxylic acid groups (broad SMARTS) is 1. The van der Waals surface area contributed by atoms with Crippen molar-refractivity contribution in [1.29, 1.82) is 0 Å². The number of aliphatic hydroxyl groups excluding tert-OH is 1. The first kappa shape index (κ1) is 30.3. The van der Waals surface area contributed by atoms with Crippen LogP contribution < -0.4 is 0 Å². The van der Waals surface area contributed by atoms with Gasteiger partial charge in [-0.3, -0.25) is 4.79 Å². The molecule has 0 saturated carbocycles. The van der Waals surface area contributed by atoms with Crippen LogP contribution in [0.3, 0.4) is 0 Å². The van der Waals surface area contributed by atoms with Crippen LogP contribution in [0.5, 0.6) is 0 Å². The SMILES string of the molecule is CCCCCCCCCCC(CCOCCOCCO)CN(C)CCOCCC(=O)O. The molecule has 0 aliphatic carbocycles. The molecule has 31 heavy (non-hydrogen) atoms. The highest BCUT2D eigenvalue weighted by Gasteiger charge is 2.12. The van der Waals surface area contributed by atoms with E-state index in [0.29, 0.717) is 32.3 Å². The molecule has 0 heterocycles. The van der Waals surface area contributed by atoms with E-state index < -0.39 is 5.97 Å². The van der Waals surface area contributed by atoms with Crippen LogP contribution in [0.4, 0.5) is 0 Å². The molecule has 0 aromatic rings. The van der Waals surface area contributed by atoms with Gasteiger partial charge in [-0.05, 0) is 25.8 Å². The Balaban J connectivity index is 4.04. The monoisotopic (exact) mass is 447 g/mol. The Morgan fingerprint density at radius 3 is 2.06 bits per heavy atom. The van der Waals surface area contributed by atoms with Gasteiger partial charge >= 0.3 is 5.97 Å². The van der Waals surface area contributed by atoms with Crippen LogP contribution in [0, 0.1) is 5.92 Å². The van der Waals surface area contributed by atoms with Gasteiger partial charge < -0.3 is 29.3 Å². The quantitative estimate of drug-likeness (QED) is 0.205. The van der Waals surface area contributed by atoms with E-state index in [1.807, 2.05) is 0 Å². The number of hydrogen-bond donors (Lipinski definition) is 2. The Bertz CT molecular complexity index is 383. The molecule has 0 saturated heterocycles. The third-order valence-electron chi connectivity index (χ3n) is 5.39. The van der Waals surface area contributed by atoms with Gasteiger partial charge in [0.25, 0.3) is 0 Å². The molecule has 7 heteroatoms. The second-order valence-corrected chi connectivity index (χ2v) is 8.38. The summed E-state index contributed by atoms with van der Waals surface area (Å²) in [5.41, 5.74) is 0. The number of ether oxygens (including phenoxy) is 3. The minimum absolute atomic E-state index is 0.0486. The lowest BCUT2D eigenvalue weighted by molar-refractivity contribution is -0.138. The van der Waals surface area contributed by atoms with E-state index in [2.05, 4.69) is 18.9 Å². The molecule has 2 N–H and O–H groups in total. The van der Waals surface area contributed by atoms with Crippen LogP contribution in [0.15, 0.2) is 0 Å². The molecule has 0 fully saturated rings. The Labute approximate surface area is 190 Å². The summed E-state index contributed by atoms with van der Waals surface area (Å²) >= 11 is 0. The largest absolute Gasteiger partial charge is 0.481 e. The zero-order valence-corrected chi connectivity index (χ0v) is 20.2. The zero-order chi connectivity index (χ0) is 23.0. The van der Waals surface area contributed by atoms with Gasteiger partial charge in [0.2, 0.25) is 0 Å². The maximum absolute atomic E-state index is 10.5. The molecule has 0 aliphatic heterocycles. The molecule has 7 nitrogen and oxygen atoms in total. The van der Waals surface area contributed by atoms with E-state index in [0.717, 1.165) is 26.1 Å². The topological polar surface area (TPSA) is 88.5 Å². The maximum Gasteiger partial charge on any atom is 0.305 e. The Morgan fingerprint density at radius 2 is 1.42 bits per heavy atom. The molecule has 0 amide bonds. The number of hydrogen-bond acceptors (Lipinski definition) is 6. The molecule has 0 spiro atoms. The number of unbranched alkanes of at least 4 members (excludes halogenated alkanes) is 7. The van der Waals surface area contributed by atoms with E-state index in [1.165, 1.54) is 57.8 Å². The summed E-state index contributed by atoms with van der Waals surface area (Å²) in [5.74, 6) is -0.233. The van der Waals surface area contributed by atoms with Gasteiger partial charge in [-0.25, -0.2) is 0 Å². The lowest BCUT2D eigenvalue weighted by Gasteiger charge is -2.24. The van der Waals surface area contributed by atoms with E-state index in [1.54, 1.807) is 0 Å². The van der Waals surface area contributed by atoms with Crippen molar-refractivity contribution in [2.24, 2.45) is 5.92 Å². The zero-order valence-electron chi connectivity index (χ0n) is 20.2. The van der Waals surface area contributed by atoms with Gasteiger partial charge in [-0.15, -0.1) is 0 Å². The minimum atomic E-state index is -0.819. The molecule has 0 bridgehead atoms. The lowest BCUT2D eigenvalue weighted by atomic mass is 9.96. The Kier molecular flexibility index (Phi) is 23.4. The fourth-order valence-electron chi connectivity index (χ4n) is 3.54. The van der Waals surface area contributed by atoms with Crippen molar-refractivity contribution in [3.63, 3.8) is 0 Å². The van der Waals surface area contributed by atoms with Crippen LogP contribution in [0.1, 0.15) is 77.6 Å². The predicted octanol–water partition coefficient (Wildman–Crippen LogP) is 3.97. The van der Waals surface area contributed by atoms with Gasteiger partial charge in [0, 0.05) is 19.7 Å². The molecular formula is C24H49NO6. The Hall–Kier alpha value is -0.730. The van der Waals surface area contributed by atoms with Crippen molar-refractivity contribution < 1.29 is 29.2 Å². The number of aliphatic hydroxyl groups is 1. The van der Waals surface area contributed by atoms with Crippen LogP contribution >= 0.6 is 0 Å². The number of aliphatic carboxylic acids is 1. The second kappa shape index (κ2) is 23.9. The summed E-state index contributed by atoms with van der Waals surface area (Å²) in [6, 6.07) is 0. The van der Waals surface area contributed by atoms with Crippen molar-refractivity contribution in [2.45, 2.75) is 77.6 Å². The molecule has 0 rings (SSSR count). The van der Waals surface area contributed by atoms with Crippen LogP contribution in [0.2, 0.25) is 0 Å². The molecule has 0 aromatic heterocycles. The highest BCUT2D eigenvalue weighted by Crippen LogP contribution is 2.17. The highest BCUT2D eigenvalue weighted by atomic mass is 16.5. The fraction of sp³-hybridized carbons (Fsp3) is 0.958. The molecule has 186 valence electrons. The average Bonchev–Trinajstić information content (AvgIpc) is 2.74. The number of carbonyl (C=O) groups is 1. The van der Waals surface area contributed by atoms with E-state index in [9.17, 15) is 4.79 Å². The van der Waals surface area contributed by atoms with Gasteiger partial charge in [-0.1, -0.05) is 58.3 Å². The van der Waals surface area contributed by atoms with Gasteiger partial charge in [-0.2, -0.15) is 0 Å². The smallest absolute Gasteiger partial charge is 0.305 e. The minimum Gasteiger partial charge on any atom is -0.481 e. The highest BCUT2D eigenvalue weighted by molar-refractivity contribution is 5.66. The van der Waals surface area contributed by atoms with Crippen LogP contribution in [-0.2, 0) is 19.0 Å². The first-order chi connectivity index (χ1) is 15.1. The number of rotatable bonds is 25. The lowest BCUT2D eigenvalue weighted by Crippen LogP contribution is -2.30. The van der Waals surface area contributed by atoms with Crippen molar-refractivity contribution in [3.05, 3.63) is 0 Å². The van der Waals surface area contributed by atoms with E-state index >= 15 is 0 Å². The fourth-order valence-corrected chi connectivity index (χ4v) is 3.54. The maximum atomic E-state index is 10.5.